The number of hydrogen-bond donors (Lipinski definition) is 0. The van der Waals surface area contributed by atoms with Crippen LogP contribution in [0.1, 0.15) is 83.6 Å². The second-order valence-electron chi connectivity index (χ2n) is 11.6. The molecule has 1 aliphatic heterocycles. The highest BCUT2D eigenvalue weighted by molar-refractivity contribution is 5.70. The third-order valence-electron chi connectivity index (χ3n) is 9.10. The molecule has 1 aromatic heterocycles. The highest BCUT2D eigenvalue weighted by atomic mass is 16.5. The van der Waals surface area contributed by atoms with E-state index in [1.807, 2.05) is 6.92 Å². The molecule has 0 spiro atoms. The molecule has 3 aliphatic rings. The molecule has 186 valence electrons. The molecule has 4 rings (SSSR count). The van der Waals surface area contributed by atoms with Crippen LogP contribution >= 0.6 is 0 Å². The SMILES string of the molecule is C=C1CC[C@@H]2[C@](C)(CC[C@H]3O[C@H](C=C(C)C)C[C@@]23C)[C@@H]1Cc1c(OC(C)=O)c(C)c(C)oc1=O. The lowest BCUT2D eigenvalue weighted by atomic mass is 9.45. The summed E-state index contributed by atoms with van der Waals surface area (Å²) in [6.07, 6.45) is 8.31. The molecule has 34 heavy (non-hydrogen) atoms. The summed E-state index contributed by atoms with van der Waals surface area (Å²) in [7, 11) is 0. The number of hydrogen-bond acceptors (Lipinski definition) is 5. The summed E-state index contributed by atoms with van der Waals surface area (Å²) in [6, 6.07) is 0. The molecule has 0 aromatic carbocycles. The van der Waals surface area contributed by atoms with Gasteiger partial charge in [0.15, 0.2) is 0 Å². The minimum Gasteiger partial charge on any atom is -0.427 e. The zero-order valence-electron chi connectivity index (χ0n) is 21.9. The Kier molecular flexibility index (Phi) is 6.48. The van der Waals surface area contributed by atoms with E-state index < -0.39 is 11.6 Å². The van der Waals surface area contributed by atoms with Crippen LogP contribution < -0.4 is 10.4 Å². The van der Waals surface area contributed by atoms with Crippen molar-refractivity contribution >= 4 is 5.97 Å². The van der Waals surface area contributed by atoms with Crippen molar-refractivity contribution in [3.63, 3.8) is 0 Å². The van der Waals surface area contributed by atoms with Crippen LogP contribution in [-0.4, -0.2) is 18.2 Å². The number of fused-ring (bicyclic) bond motifs is 3. The lowest BCUT2D eigenvalue weighted by molar-refractivity contribution is -0.132. The van der Waals surface area contributed by atoms with E-state index in [0.717, 1.165) is 32.1 Å². The smallest absolute Gasteiger partial charge is 0.342 e. The van der Waals surface area contributed by atoms with Crippen molar-refractivity contribution in [2.24, 2.45) is 22.7 Å². The predicted octanol–water partition coefficient (Wildman–Crippen LogP) is 6.24. The average molecular weight is 469 g/mol. The summed E-state index contributed by atoms with van der Waals surface area (Å²) in [5.74, 6) is 1.01. The molecular formula is C29H40O5. The zero-order chi connectivity index (χ0) is 25.0. The number of carbonyl (C=O) groups is 1. The second kappa shape index (κ2) is 8.82. The summed E-state index contributed by atoms with van der Waals surface area (Å²) in [5.41, 5.74) is 3.32. The van der Waals surface area contributed by atoms with Crippen LogP contribution in [0.5, 0.6) is 5.75 Å². The summed E-state index contributed by atoms with van der Waals surface area (Å²) < 4.78 is 17.7. The van der Waals surface area contributed by atoms with Crippen LogP contribution in [-0.2, 0) is 16.0 Å². The topological polar surface area (TPSA) is 65.7 Å². The van der Waals surface area contributed by atoms with Crippen LogP contribution in [0.3, 0.4) is 0 Å². The van der Waals surface area contributed by atoms with Crippen LogP contribution in [0, 0.1) is 36.5 Å². The van der Waals surface area contributed by atoms with Crippen molar-refractivity contribution in [3.05, 3.63) is 51.1 Å². The Morgan fingerprint density at radius 3 is 2.53 bits per heavy atom. The molecule has 3 fully saturated rings. The van der Waals surface area contributed by atoms with Crippen LogP contribution in [0.2, 0.25) is 0 Å². The normalized spacial score (nSPS) is 34.9. The summed E-state index contributed by atoms with van der Waals surface area (Å²) >= 11 is 0. The fourth-order valence-corrected chi connectivity index (χ4v) is 7.43. The lowest BCUT2D eigenvalue weighted by Gasteiger charge is -2.59. The first kappa shape index (κ1) is 25.0. The molecule has 0 radical (unpaired) electrons. The molecule has 5 heteroatoms. The van der Waals surface area contributed by atoms with E-state index in [1.165, 1.54) is 18.1 Å². The molecule has 2 saturated carbocycles. The van der Waals surface area contributed by atoms with E-state index in [9.17, 15) is 9.59 Å². The van der Waals surface area contributed by atoms with Crippen LogP contribution in [0.4, 0.5) is 0 Å². The number of esters is 1. The number of rotatable bonds is 4. The summed E-state index contributed by atoms with van der Waals surface area (Å²) in [4.78, 5) is 24.9. The van der Waals surface area contributed by atoms with E-state index in [2.05, 4.69) is 40.3 Å². The van der Waals surface area contributed by atoms with Crippen LogP contribution in [0.15, 0.2) is 33.0 Å². The Hall–Kier alpha value is -2.14. The Labute approximate surface area is 203 Å². The number of allylic oxidation sites excluding steroid dienone is 2. The van der Waals surface area contributed by atoms with E-state index in [4.69, 9.17) is 13.9 Å². The third kappa shape index (κ3) is 4.10. The number of ether oxygens (including phenoxy) is 2. The van der Waals surface area contributed by atoms with Crippen molar-refractivity contribution in [3.8, 4) is 5.75 Å². The van der Waals surface area contributed by atoms with Crippen molar-refractivity contribution in [1.29, 1.82) is 0 Å². The molecular weight excluding hydrogens is 428 g/mol. The molecule has 5 nitrogen and oxygen atoms in total. The van der Waals surface area contributed by atoms with Gasteiger partial charge in [0.2, 0.25) is 0 Å². The van der Waals surface area contributed by atoms with Gasteiger partial charge < -0.3 is 13.9 Å². The first-order valence-electron chi connectivity index (χ1n) is 12.7. The van der Waals surface area contributed by atoms with Gasteiger partial charge in [0.1, 0.15) is 11.5 Å². The maximum atomic E-state index is 13.0. The quantitative estimate of drug-likeness (QED) is 0.387. The fraction of sp³-hybridized carbons (Fsp3) is 0.655. The lowest BCUT2D eigenvalue weighted by Crippen LogP contribution is -2.54. The number of aryl methyl sites for hydroxylation is 1. The number of carbonyl (C=O) groups excluding carboxylic acids is 1. The van der Waals surface area contributed by atoms with Gasteiger partial charge in [-0.15, -0.1) is 0 Å². The van der Waals surface area contributed by atoms with Gasteiger partial charge in [-0.1, -0.05) is 37.6 Å². The molecule has 1 saturated heterocycles. The minimum atomic E-state index is -0.428. The van der Waals surface area contributed by atoms with Crippen molar-refractivity contribution < 1.29 is 18.7 Å². The highest BCUT2D eigenvalue weighted by Gasteiger charge is 2.61. The van der Waals surface area contributed by atoms with Gasteiger partial charge in [-0.3, -0.25) is 4.79 Å². The Balaban J connectivity index is 1.72. The van der Waals surface area contributed by atoms with E-state index in [1.54, 1.807) is 6.92 Å². The molecule has 0 N–H and O–H groups in total. The largest absolute Gasteiger partial charge is 0.427 e. The van der Waals surface area contributed by atoms with Gasteiger partial charge in [-0.2, -0.15) is 0 Å². The first-order valence-corrected chi connectivity index (χ1v) is 12.7. The fourth-order valence-electron chi connectivity index (χ4n) is 7.43. The zero-order valence-corrected chi connectivity index (χ0v) is 21.9. The van der Waals surface area contributed by atoms with E-state index in [0.29, 0.717) is 35.0 Å². The van der Waals surface area contributed by atoms with Gasteiger partial charge in [0.05, 0.1) is 17.8 Å². The van der Waals surface area contributed by atoms with Gasteiger partial charge in [-0.05, 0) is 88.9 Å². The first-order chi connectivity index (χ1) is 15.9. The maximum Gasteiger partial charge on any atom is 0.342 e. The standard InChI is InChI=1S/C29H40O5/c1-16(2)13-21-15-29(8)24-10-9-17(3)23(28(24,7)12-11-25(29)34-21)14-22-26(33-20(6)30)18(4)19(5)32-27(22)31/h13,21,23-25H,3,9-12,14-15H2,1-2,4-8H3/t21-,23-,24-,25-,28-,29+/m1/s1. The average Bonchev–Trinajstić information content (AvgIpc) is 3.04. The second-order valence-corrected chi connectivity index (χ2v) is 11.6. The van der Waals surface area contributed by atoms with Gasteiger partial charge in [-0.25, -0.2) is 4.79 Å². The van der Waals surface area contributed by atoms with E-state index >= 15 is 0 Å². The molecule has 0 unspecified atom stereocenters. The van der Waals surface area contributed by atoms with Crippen LogP contribution in [0.25, 0.3) is 0 Å². The molecule has 1 aromatic rings. The molecule has 6 atom stereocenters. The molecule has 0 bridgehead atoms. The molecule has 2 aliphatic carbocycles. The third-order valence-corrected chi connectivity index (χ3v) is 9.10. The van der Waals surface area contributed by atoms with Gasteiger partial charge in [0, 0.05) is 12.5 Å². The Morgan fingerprint density at radius 1 is 1.18 bits per heavy atom. The summed E-state index contributed by atoms with van der Waals surface area (Å²) in [5, 5.41) is 0. The van der Waals surface area contributed by atoms with Gasteiger partial charge >= 0.3 is 11.6 Å². The highest BCUT2D eigenvalue weighted by Crippen LogP contribution is 2.65. The minimum absolute atomic E-state index is 0.0114. The maximum absolute atomic E-state index is 13.0. The van der Waals surface area contributed by atoms with Crippen molar-refractivity contribution in [2.45, 2.75) is 99.2 Å². The monoisotopic (exact) mass is 468 g/mol. The van der Waals surface area contributed by atoms with Crippen molar-refractivity contribution in [2.75, 3.05) is 0 Å². The predicted molar refractivity (Wildman–Crippen MR) is 133 cm³/mol. The molecule has 2 heterocycles. The van der Waals surface area contributed by atoms with Gasteiger partial charge in [0.25, 0.3) is 0 Å². The summed E-state index contributed by atoms with van der Waals surface area (Å²) in [6.45, 7) is 18.5. The Bertz CT molecular complexity index is 1090. The molecule has 0 amide bonds. The van der Waals surface area contributed by atoms with Crippen molar-refractivity contribution in [1.82, 2.24) is 0 Å². The van der Waals surface area contributed by atoms with E-state index in [-0.39, 0.29) is 29.0 Å². The Morgan fingerprint density at radius 2 is 1.88 bits per heavy atom.